The Kier molecular flexibility index (Phi) is 7.25. The highest BCUT2D eigenvalue weighted by Crippen LogP contribution is 2.28. The summed E-state index contributed by atoms with van der Waals surface area (Å²) in [5.41, 5.74) is 0.383. The molecule has 7 heteroatoms. The molecule has 0 aliphatic rings. The normalized spacial score (nSPS) is 11.0. The molecule has 0 saturated heterocycles. The van der Waals surface area contributed by atoms with Crippen molar-refractivity contribution in [2.24, 2.45) is 0 Å². The highest BCUT2D eigenvalue weighted by molar-refractivity contribution is 14.1. The number of hydrogen-bond acceptors (Lipinski definition) is 4. The van der Waals surface area contributed by atoms with E-state index in [-0.39, 0.29) is 11.3 Å². The summed E-state index contributed by atoms with van der Waals surface area (Å²) in [6.45, 7) is 0.695. The van der Waals surface area contributed by atoms with Crippen molar-refractivity contribution >= 4 is 57.2 Å². The van der Waals surface area contributed by atoms with Gasteiger partial charge in [0.15, 0.2) is 0 Å². The van der Waals surface area contributed by atoms with Gasteiger partial charge in [-0.2, -0.15) is 5.26 Å². The lowest BCUT2D eigenvalue weighted by Gasteiger charge is -2.06. The Balaban J connectivity index is 3.01. The predicted molar refractivity (Wildman–Crippen MR) is 92.0 cm³/mol. The van der Waals surface area contributed by atoms with E-state index in [1.807, 2.05) is 28.7 Å². The van der Waals surface area contributed by atoms with E-state index in [4.69, 9.17) is 10.00 Å². The van der Waals surface area contributed by atoms with Gasteiger partial charge >= 0.3 is 0 Å². The Hall–Kier alpha value is -0.860. The van der Waals surface area contributed by atoms with Crippen LogP contribution in [0.3, 0.4) is 0 Å². The minimum Gasteiger partial charge on any atom is -0.506 e. The molecule has 0 heterocycles. The predicted octanol–water partition coefficient (Wildman–Crippen LogP) is 2.27. The Morgan fingerprint density at radius 2 is 2.25 bits per heavy atom. The molecular formula is C13H12I2N2O3. The maximum absolute atomic E-state index is 11.8. The van der Waals surface area contributed by atoms with E-state index in [0.717, 1.165) is 3.57 Å². The standard InChI is InChI=1S/C13H12I2N2O3/c1-20-3-2-17-13(19)9(7-16)4-8-5-10(14)6-11(15)12(8)18/h4-6,18H,2-3H2,1H3,(H,17,19)/b9-4+. The van der Waals surface area contributed by atoms with Crippen molar-refractivity contribution in [2.45, 2.75) is 0 Å². The lowest BCUT2D eigenvalue weighted by molar-refractivity contribution is -0.117. The van der Waals surface area contributed by atoms with Crippen LogP contribution in [0.25, 0.3) is 6.08 Å². The van der Waals surface area contributed by atoms with E-state index in [9.17, 15) is 9.90 Å². The number of nitrogens with one attached hydrogen (secondary N) is 1. The molecule has 0 radical (unpaired) electrons. The number of phenolic OH excluding ortho intramolecular Hbond substituents is 1. The molecule has 20 heavy (non-hydrogen) atoms. The topological polar surface area (TPSA) is 82.3 Å². The summed E-state index contributed by atoms with van der Waals surface area (Å²) in [4.78, 5) is 11.8. The highest BCUT2D eigenvalue weighted by Gasteiger charge is 2.11. The Morgan fingerprint density at radius 3 is 2.85 bits per heavy atom. The molecule has 0 fully saturated rings. The van der Waals surface area contributed by atoms with E-state index in [1.165, 1.54) is 13.2 Å². The van der Waals surface area contributed by atoms with Crippen molar-refractivity contribution in [1.82, 2.24) is 5.32 Å². The van der Waals surface area contributed by atoms with E-state index in [1.54, 1.807) is 12.1 Å². The van der Waals surface area contributed by atoms with E-state index in [0.29, 0.717) is 22.3 Å². The number of phenols is 1. The van der Waals surface area contributed by atoms with Gasteiger partial charge in [0.25, 0.3) is 5.91 Å². The summed E-state index contributed by atoms with van der Waals surface area (Å²) in [5, 5.41) is 21.6. The molecule has 5 nitrogen and oxygen atoms in total. The summed E-state index contributed by atoms with van der Waals surface area (Å²) < 4.78 is 6.39. The van der Waals surface area contributed by atoms with Crippen LogP contribution in [0, 0.1) is 18.5 Å². The summed E-state index contributed by atoms with van der Waals surface area (Å²) >= 11 is 4.10. The van der Waals surface area contributed by atoms with E-state index in [2.05, 4.69) is 27.9 Å². The molecule has 106 valence electrons. The second-order valence-corrected chi connectivity index (χ2v) is 6.15. The Morgan fingerprint density at radius 1 is 1.55 bits per heavy atom. The third-order valence-corrected chi connectivity index (χ3v) is 3.76. The van der Waals surface area contributed by atoms with Crippen LogP contribution < -0.4 is 5.32 Å². The van der Waals surface area contributed by atoms with Crippen LogP contribution in [-0.2, 0) is 9.53 Å². The molecular weight excluding hydrogens is 486 g/mol. The fourth-order valence-corrected chi connectivity index (χ4v) is 3.25. The van der Waals surface area contributed by atoms with Gasteiger partial charge in [-0.05, 0) is 63.4 Å². The smallest absolute Gasteiger partial charge is 0.262 e. The third-order valence-electron chi connectivity index (χ3n) is 2.31. The van der Waals surface area contributed by atoms with E-state index < -0.39 is 5.91 Å². The molecule has 0 spiro atoms. The molecule has 0 saturated carbocycles. The second-order valence-electron chi connectivity index (χ2n) is 3.74. The number of benzene rings is 1. The van der Waals surface area contributed by atoms with Crippen LogP contribution in [0.15, 0.2) is 17.7 Å². The molecule has 0 aliphatic heterocycles. The fourth-order valence-electron chi connectivity index (χ4n) is 1.36. The zero-order chi connectivity index (χ0) is 15.1. The number of rotatable bonds is 5. The molecule has 0 aromatic heterocycles. The van der Waals surface area contributed by atoms with Gasteiger partial charge in [0.05, 0.1) is 10.2 Å². The lowest BCUT2D eigenvalue weighted by Crippen LogP contribution is -2.27. The summed E-state index contributed by atoms with van der Waals surface area (Å²) in [6.07, 6.45) is 1.38. The van der Waals surface area contributed by atoms with Crippen molar-refractivity contribution < 1.29 is 14.6 Å². The molecule has 0 aliphatic carbocycles. The van der Waals surface area contributed by atoms with Gasteiger partial charge in [-0.15, -0.1) is 0 Å². The van der Waals surface area contributed by atoms with Gasteiger partial charge in [-0.25, -0.2) is 0 Å². The van der Waals surface area contributed by atoms with Gasteiger partial charge in [0.2, 0.25) is 0 Å². The van der Waals surface area contributed by atoms with Gasteiger partial charge in [-0.1, -0.05) is 0 Å². The van der Waals surface area contributed by atoms with Crippen molar-refractivity contribution in [1.29, 1.82) is 5.26 Å². The van der Waals surface area contributed by atoms with Crippen LogP contribution in [0.5, 0.6) is 5.75 Å². The zero-order valence-electron chi connectivity index (χ0n) is 10.6. The Labute approximate surface area is 144 Å². The first-order chi connectivity index (χ1) is 9.49. The zero-order valence-corrected chi connectivity index (χ0v) is 14.9. The number of methoxy groups -OCH3 is 1. The van der Waals surface area contributed by atoms with Crippen molar-refractivity contribution in [2.75, 3.05) is 20.3 Å². The highest BCUT2D eigenvalue weighted by atomic mass is 127. The quantitative estimate of drug-likeness (QED) is 0.283. The number of nitriles is 1. The fraction of sp³-hybridized carbons (Fsp3) is 0.231. The van der Waals surface area contributed by atoms with E-state index >= 15 is 0 Å². The van der Waals surface area contributed by atoms with Crippen molar-refractivity contribution in [3.63, 3.8) is 0 Å². The molecule has 0 bridgehead atoms. The molecule has 0 unspecified atom stereocenters. The van der Waals surface area contributed by atoms with Gasteiger partial charge in [0.1, 0.15) is 17.4 Å². The molecule has 1 amide bonds. The minimum atomic E-state index is -0.488. The molecule has 1 rings (SSSR count). The maximum Gasteiger partial charge on any atom is 0.262 e. The largest absolute Gasteiger partial charge is 0.506 e. The van der Waals surface area contributed by atoms with Crippen LogP contribution in [0.1, 0.15) is 5.56 Å². The molecule has 1 aromatic carbocycles. The number of aromatic hydroxyl groups is 1. The van der Waals surface area contributed by atoms with Gasteiger partial charge in [0, 0.05) is 22.8 Å². The number of carbonyl (C=O) groups excluding carboxylic acids is 1. The number of carbonyl (C=O) groups is 1. The van der Waals surface area contributed by atoms with Crippen LogP contribution in [-0.4, -0.2) is 31.3 Å². The first kappa shape index (κ1) is 17.2. The molecule has 0 atom stereocenters. The van der Waals surface area contributed by atoms with Crippen LogP contribution >= 0.6 is 45.2 Å². The van der Waals surface area contributed by atoms with Gasteiger partial charge in [-0.3, -0.25) is 4.79 Å². The number of halogens is 2. The third kappa shape index (κ3) is 4.92. The molecule has 1 aromatic rings. The minimum absolute atomic E-state index is 0.0588. The lowest BCUT2D eigenvalue weighted by atomic mass is 10.1. The monoisotopic (exact) mass is 498 g/mol. The number of ether oxygens (including phenoxy) is 1. The van der Waals surface area contributed by atoms with Crippen LogP contribution in [0.2, 0.25) is 0 Å². The summed E-state index contributed by atoms with van der Waals surface area (Å²) in [6, 6.07) is 5.35. The number of hydrogen-bond donors (Lipinski definition) is 2. The SMILES string of the molecule is COCCNC(=O)/C(C#N)=C/c1cc(I)cc(I)c1O. The van der Waals surface area contributed by atoms with Gasteiger partial charge < -0.3 is 15.2 Å². The number of nitrogens with zero attached hydrogens (tertiary/aromatic N) is 1. The first-order valence-electron chi connectivity index (χ1n) is 5.56. The number of amides is 1. The van der Waals surface area contributed by atoms with Crippen LogP contribution in [0.4, 0.5) is 0 Å². The van der Waals surface area contributed by atoms with Crippen molar-refractivity contribution in [3.8, 4) is 11.8 Å². The van der Waals surface area contributed by atoms with Crippen molar-refractivity contribution in [3.05, 3.63) is 30.4 Å². The molecule has 2 N–H and O–H groups in total. The summed E-state index contributed by atoms with van der Waals surface area (Å²) in [5.74, 6) is -0.429. The Bertz CT molecular complexity index is 580. The average Bonchev–Trinajstić information content (AvgIpc) is 2.41. The average molecular weight is 498 g/mol. The second kappa shape index (κ2) is 8.43. The summed E-state index contributed by atoms with van der Waals surface area (Å²) in [7, 11) is 1.53. The first-order valence-corrected chi connectivity index (χ1v) is 7.72. The maximum atomic E-state index is 11.8.